The lowest BCUT2D eigenvalue weighted by atomic mass is 10.1. The quantitative estimate of drug-likeness (QED) is 0.736. The smallest absolute Gasteiger partial charge is 0.169 e. The fraction of sp³-hybridized carbons (Fsp3) is 0.188. The van der Waals surface area contributed by atoms with Gasteiger partial charge in [-0.15, -0.1) is 0 Å². The molecule has 1 aromatic heterocycles. The molecule has 0 spiro atoms. The number of hydrogen-bond acceptors (Lipinski definition) is 0. The van der Waals surface area contributed by atoms with E-state index in [1.165, 1.54) is 11.1 Å². The average Bonchev–Trinajstić information content (AvgIpc) is 2.38. The number of rotatable bonds is 3. The molecule has 0 fully saturated rings. The zero-order valence-corrected chi connectivity index (χ0v) is 12.3. The van der Waals surface area contributed by atoms with E-state index >= 15 is 0 Å². The van der Waals surface area contributed by atoms with E-state index < -0.39 is 0 Å². The predicted molar refractivity (Wildman–Crippen MR) is 80.1 cm³/mol. The predicted octanol–water partition coefficient (Wildman–Crippen LogP) is 4.49. The van der Waals surface area contributed by atoms with Gasteiger partial charge in [-0.1, -0.05) is 40.2 Å². The van der Waals surface area contributed by atoms with Crippen molar-refractivity contribution >= 4 is 28.1 Å². The van der Waals surface area contributed by atoms with Gasteiger partial charge < -0.3 is 0 Å². The highest BCUT2D eigenvalue weighted by molar-refractivity contribution is 9.10. The molecule has 0 saturated heterocycles. The van der Waals surface area contributed by atoms with Crippen LogP contribution in [0.3, 0.4) is 0 Å². The Morgan fingerprint density at radius 2 is 1.39 bits per heavy atom. The second-order valence-corrected chi connectivity index (χ2v) is 5.47. The van der Waals surface area contributed by atoms with E-state index in [-0.39, 0.29) is 0 Å². The molecule has 0 saturated carbocycles. The van der Waals surface area contributed by atoms with Crippen molar-refractivity contribution in [1.29, 1.82) is 0 Å². The molecule has 2 heteroatoms. The van der Waals surface area contributed by atoms with Gasteiger partial charge in [0.15, 0.2) is 18.4 Å². The SMILES string of the molecule is CC(C)[n+]1ccc(/C=C/c2ccc(Br)cc2)cc1. The van der Waals surface area contributed by atoms with E-state index in [2.05, 4.69) is 95.3 Å². The van der Waals surface area contributed by atoms with Gasteiger partial charge in [-0.2, -0.15) is 0 Å². The maximum Gasteiger partial charge on any atom is 0.169 e. The van der Waals surface area contributed by atoms with Crippen LogP contribution in [0, 0.1) is 0 Å². The van der Waals surface area contributed by atoms with Crippen molar-refractivity contribution in [3.63, 3.8) is 0 Å². The van der Waals surface area contributed by atoms with Crippen LogP contribution < -0.4 is 4.57 Å². The van der Waals surface area contributed by atoms with Crippen LogP contribution in [0.5, 0.6) is 0 Å². The molecular formula is C16H17BrN+. The number of benzene rings is 1. The molecule has 18 heavy (non-hydrogen) atoms. The number of nitrogens with zero attached hydrogens (tertiary/aromatic N) is 1. The van der Waals surface area contributed by atoms with Gasteiger partial charge in [0.05, 0.1) is 0 Å². The molecule has 1 nitrogen and oxygen atoms in total. The van der Waals surface area contributed by atoms with Crippen LogP contribution >= 0.6 is 15.9 Å². The largest absolute Gasteiger partial charge is 0.203 e. The second kappa shape index (κ2) is 5.96. The van der Waals surface area contributed by atoms with E-state index in [0.717, 1.165) is 4.47 Å². The standard InChI is InChI=1S/C16H17BrN/c1-13(2)18-11-9-15(10-12-18)4-3-14-5-7-16(17)8-6-14/h3-13H,1-2H3/q+1/b4-3+. The summed E-state index contributed by atoms with van der Waals surface area (Å²) >= 11 is 3.44. The Balaban J connectivity index is 2.11. The molecule has 1 aromatic carbocycles. The van der Waals surface area contributed by atoms with Gasteiger partial charge >= 0.3 is 0 Å². The molecule has 2 aromatic rings. The normalized spacial score (nSPS) is 11.3. The summed E-state index contributed by atoms with van der Waals surface area (Å²) in [4.78, 5) is 0. The van der Waals surface area contributed by atoms with Crippen LogP contribution in [0.1, 0.15) is 31.0 Å². The van der Waals surface area contributed by atoms with Crippen molar-refractivity contribution in [3.05, 3.63) is 64.4 Å². The molecule has 0 aliphatic rings. The fourth-order valence-electron chi connectivity index (χ4n) is 1.67. The number of halogens is 1. The minimum absolute atomic E-state index is 0.509. The Labute approximate surface area is 117 Å². The first kappa shape index (κ1) is 13.0. The van der Waals surface area contributed by atoms with Crippen LogP contribution in [0.15, 0.2) is 53.3 Å². The minimum Gasteiger partial charge on any atom is -0.203 e. The monoisotopic (exact) mass is 302 g/mol. The molecule has 0 radical (unpaired) electrons. The fourth-order valence-corrected chi connectivity index (χ4v) is 1.94. The van der Waals surface area contributed by atoms with Gasteiger partial charge in [0.1, 0.15) is 0 Å². The zero-order chi connectivity index (χ0) is 13.0. The van der Waals surface area contributed by atoms with Crippen LogP contribution in [0.4, 0.5) is 0 Å². The van der Waals surface area contributed by atoms with Gasteiger partial charge in [0, 0.05) is 16.6 Å². The topological polar surface area (TPSA) is 3.88 Å². The number of aromatic nitrogens is 1. The lowest BCUT2D eigenvalue weighted by Gasteiger charge is -1.99. The lowest BCUT2D eigenvalue weighted by molar-refractivity contribution is -0.716. The van der Waals surface area contributed by atoms with Gasteiger partial charge in [-0.05, 0) is 37.1 Å². The molecule has 0 bridgehead atoms. The van der Waals surface area contributed by atoms with Crippen molar-refractivity contribution in [2.24, 2.45) is 0 Å². The molecule has 0 aliphatic heterocycles. The minimum atomic E-state index is 0.509. The maximum absolute atomic E-state index is 3.44. The van der Waals surface area contributed by atoms with Gasteiger partial charge in [0.2, 0.25) is 0 Å². The summed E-state index contributed by atoms with van der Waals surface area (Å²) in [6.07, 6.45) is 8.49. The molecule has 0 unspecified atom stereocenters. The van der Waals surface area contributed by atoms with Gasteiger partial charge in [-0.3, -0.25) is 0 Å². The summed E-state index contributed by atoms with van der Waals surface area (Å²) in [6, 6.07) is 13.1. The summed E-state index contributed by atoms with van der Waals surface area (Å²) < 4.78 is 3.30. The maximum atomic E-state index is 3.44. The third-order valence-electron chi connectivity index (χ3n) is 2.81. The van der Waals surface area contributed by atoms with Crippen molar-refractivity contribution < 1.29 is 4.57 Å². The highest BCUT2D eigenvalue weighted by atomic mass is 79.9. The Kier molecular flexibility index (Phi) is 4.32. The molecule has 2 rings (SSSR count). The van der Waals surface area contributed by atoms with Crippen molar-refractivity contribution in [1.82, 2.24) is 0 Å². The first-order chi connectivity index (χ1) is 8.65. The molecule has 1 heterocycles. The van der Waals surface area contributed by atoms with Crippen molar-refractivity contribution in [2.45, 2.75) is 19.9 Å². The molecule has 0 atom stereocenters. The zero-order valence-electron chi connectivity index (χ0n) is 10.7. The summed E-state index contributed by atoms with van der Waals surface area (Å²) in [7, 11) is 0. The lowest BCUT2D eigenvalue weighted by Crippen LogP contribution is -2.34. The summed E-state index contributed by atoms with van der Waals surface area (Å²) in [6.45, 7) is 4.36. The first-order valence-electron chi connectivity index (χ1n) is 6.09. The molecule has 0 aliphatic carbocycles. The number of pyridine rings is 1. The second-order valence-electron chi connectivity index (χ2n) is 4.56. The van der Waals surface area contributed by atoms with Crippen LogP contribution in [0.25, 0.3) is 12.2 Å². The highest BCUT2D eigenvalue weighted by Gasteiger charge is 2.03. The summed E-state index contributed by atoms with van der Waals surface area (Å²) in [5, 5.41) is 0. The molecule has 92 valence electrons. The Hall–Kier alpha value is -1.41. The van der Waals surface area contributed by atoms with Crippen LogP contribution in [0.2, 0.25) is 0 Å². The van der Waals surface area contributed by atoms with Gasteiger partial charge in [0.25, 0.3) is 0 Å². The number of hydrogen-bond donors (Lipinski definition) is 0. The van der Waals surface area contributed by atoms with E-state index in [4.69, 9.17) is 0 Å². The third kappa shape index (κ3) is 3.54. The third-order valence-corrected chi connectivity index (χ3v) is 3.34. The highest BCUT2D eigenvalue weighted by Crippen LogP contribution is 2.13. The first-order valence-corrected chi connectivity index (χ1v) is 6.89. The van der Waals surface area contributed by atoms with Crippen LogP contribution in [-0.4, -0.2) is 0 Å². The molecule has 0 N–H and O–H groups in total. The molecule has 0 amide bonds. The Morgan fingerprint density at radius 1 is 0.889 bits per heavy atom. The average molecular weight is 303 g/mol. The summed E-state index contributed by atoms with van der Waals surface area (Å²) in [5.74, 6) is 0. The van der Waals surface area contributed by atoms with Crippen molar-refractivity contribution in [3.8, 4) is 0 Å². The van der Waals surface area contributed by atoms with E-state index in [0.29, 0.717) is 6.04 Å². The summed E-state index contributed by atoms with van der Waals surface area (Å²) in [5.41, 5.74) is 2.42. The van der Waals surface area contributed by atoms with Gasteiger partial charge in [-0.25, -0.2) is 4.57 Å². The van der Waals surface area contributed by atoms with E-state index in [1.54, 1.807) is 0 Å². The molecular weight excluding hydrogens is 286 g/mol. The van der Waals surface area contributed by atoms with Crippen molar-refractivity contribution in [2.75, 3.05) is 0 Å². The van der Waals surface area contributed by atoms with E-state index in [1.807, 2.05) is 0 Å². The Bertz CT molecular complexity index is 524. The van der Waals surface area contributed by atoms with Crippen LogP contribution in [-0.2, 0) is 0 Å². The Morgan fingerprint density at radius 3 is 1.89 bits per heavy atom. The van der Waals surface area contributed by atoms with E-state index in [9.17, 15) is 0 Å².